The first-order chi connectivity index (χ1) is 10.3. The molecule has 6 nitrogen and oxygen atoms in total. The van der Waals surface area contributed by atoms with Gasteiger partial charge < -0.3 is 15.7 Å². The highest BCUT2D eigenvalue weighted by Gasteiger charge is 2.30. The van der Waals surface area contributed by atoms with Crippen LogP contribution in [0.1, 0.15) is 44.0 Å². The number of carboxylic acids is 1. The van der Waals surface area contributed by atoms with Crippen molar-refractivity contribution in [2.45, 2.75) is 33.6 Å². The largest absolute Gasteiger partial charge is 0.481 e. The summed E-state index contributed by atoms with van der Waals surface area (Å²) in [6, 6.07) is 6.46. The molecular formula is C16H22N2O4. The summed E-state index contributed by atoms with van der Waals surface area (Å²) < 4.78 is 0. The van der Waals surface area contributed by atoms with Gasteiger partial charge in [0.25, 0.3) is 5.91 Å². The van der Waals surface area contributed by atoms with Crippen LogP contribution in [0.25, 0.3) is 0 Å². The third kappa shape index (κ3) is 5.20. The summed E-state index contributed by atoms with van der Waals surface area (Å²) in [7, 11) is 0. The minimum atomic E-state index is -1.12. The van der Waals surface area contributed by atoms with E-state index in [2.05, 4.69) is 10.6 Å². The van der Waals surface area contributed by atoms with Gasteiger partial charge in [-0.15, -0.1) is 0 Å². The summed E-state index contributed by atoms with van der Waals surface area (Å²) in [6.45, 7) is 5.57. The summed E-state index contributed by atoms with van der Waals surface area (Å²) >= 11 is 0. The average Bonchev–Trinajstić information content (AvgIpc) is 2.44. The van der Waals surface area contributed by atoms with Crippen molar-refractivity contribution in [3.8, 4) is 0 Å². The number of hydrogen-bond acceptors (Lipinski definition) is 3. The second kappa shape index (κ2) is 7.59. The zero-order chi connectivity index (χ0) is 16.8. The highest BCUT2D eigenvalue weighted by atomic mass is 16.4. The summed E-state index contributed by atoms with van der Waals surface area (Å²) in [5.74, 6) is -1.56. The summed E-state index contributed by atoms with van der Waals surface area (Å²) in [4.78, 5) is 34.6. The van der Waals surface area contributed by atoms with E-state index in [1.54, 1.807) is 24.3 Å². The van der Waals surface area contributed by atoms with Gasteiger partial charge in [-0.3, -0.25) is 14.4 Å². The van der Waals surface area contributed by atoms with Crippen molar-refractivity contribution in [2.24, 2.45) is 5.41 Å². The van der Waals surface area contributed by atoms with Crippen LogP contribution in [0, 0.1) is 5.41 Å². The molecule has 0 aliphatic carbocycles. The molecule has 22 heavy (non-hydrogen) atoms. The van der Waals surface area contributed by atoms with Crippen molar-refractivity contribution in [3.05, 3.63) is 29.8 Å². The Morgan fingerprint density at radius 2 is 1.73 bits per heavy atom. The Morgan fingerprint density at radius 1 is 1.14 bits per heavy atom. The van der Waals surface area contributed by atoms with Gasteiger partial charge in [0, 0.05) is 24.2 Å². The van der Waals surface area contributed by atoms with E-state index in [0.717, 1.165) is 6.42 Å². The van der Waals surface area contributed by atoms with Gasteiger partial charge in [-0.2, -0.15) is 0 Å². The molecule has 0 atom stereocenters. The number of carbonyl (C=O) groups excluding carboxylic acids is 2. The predicted octanol–water partition coefficient (Wildman–Crippen LogP) is 2.27. The van der Waals surface area contributed by atoms with E-state index in [-0.39, 0.29) is 18.2 Å². The number of carboxylic acid groups (broad SMARTS) is 1. The smallest absolute Gasteiger partial charge is 0.309 e. The second-order valence-corrected chi connectivity index (χ2v) is 5.75. The third-order valence-electron chi connectivity index (χ3n) is 3.15. The molecule has 1 rings (SSSR count). The maximum atomic E-state index is 11.8. The van der Waals surface area contributed by atoms with Crippen LogP contribution < -0.4 is 10.6 Å². The number of benzene rings is 1. The molecule has 3 N–H and O–H groups in total. The molecular weight excluding hydrogens is 284 g/mol. The minimum absolute atomic E-state index is 0.124. The van der Waals surface area contributed by atoms with Crippen LogP contribution in [0.15, 0.2) is 24.3 Å². The minimum Gasteiger partial charge on any atom is -0.481 e. The Bertz CT molecular complexity index is 550. The molecule has 0 saturated carbocycles. The van der Waals surface area contributed by atoms with Crippen LogP contribution in [0.4, 0.5) is 5.69 Å². The van der Waals surface area contributed by atoms with E-state index in [4.69, 9.17) is 5.11 Å². The molecule has 0 bridgehead atoms. The number of hydrogen-bond donors (Lipinski definition) is 3. The molecule has 0 aromatic heterocycles. The van der Waals surface area contributed by atoms with Crippen molar-refractivity contribution < 1.29 is 19.5 Å². The first-order valence-electron chi connectivity index (χ1n) is 7.18. The van der Waals surface area contributed by atoms with Crippen LogP contribution in [-0.2, 0) is 9.59 Å². The maximum absolute atomic E-state index is 11.8. The highest BCUT2D eigenvalue weighted by molar-refractivity contribution is 5.96. The molecule has 1 aromatic rings. The quantitative estimate of drug-likeness (QED) is 0.720. The average molecular weight is 306 g/mol. The lowest BCUT2D eigenvalue weighted by Gasteiger charge is -2.18. The van der Waals surface area contributed by atoms with Gasteiger partial charge in [-0.25, -0.2) is 0 Å². The van der Waals surface area contributed by atoms with Gasteiger partial charge in [-0.05, 0) is 44.5 Å². The predicted molar refractivity (Wildman–Crippen MR) is 83.7 cm³/mol. The first kappa shape index (κ1) is 17.7. The monoisotopic (exact) mass is 306 g/mol. The molecule has 2 amide bonds. The highest BCUT2D eigenvalue weighted by Crippen LogP contribution is 2.21. The van der Waals surface area contributed by atoms with Crippen molar-refractivity contribution in [3.63, 3.8) is 0 Å². The first-order valence-corrected chi connectivity index (χ1v) is 7.18. The van der Waals surface area contributed by atoms with Crippen LogP contribution in [0.5, 0.6) is 0 Å². The zero-order valence-electron chi connectivity index (χ0n) is 13.1. The van der Waals surface area contributed by atoms with Crippen molar-refractivity contribution in [1.82, 2.24) is 5.32 Å². The fraction of sp³-hybridized carbons (Fsp3) is 0.438. The fourth-order valence-electron chi connectivity index (χ4n) is 1.73. The number of amides is 2. The van der Waals surface area contributed by atoms with Gasteiger partial charge in [0.1, 0.15) is 0 Å². The number of aliphatic carboxylic acids is 1. The number of carbonyl (C=O) groups is 3. The second-order valence-electron chi connectivity index (χ2n) is 5.75. The zero-order valence-corrected chi connectivity index (χ0v) is 13.1. The van der Waals surface area contributed by atoms with Crippen LogP contribution in [0.3, 0.4) is 0 Å². The van der Waals surface area contributed by atoms with Crippen molar-refractivity contribution >= 4 is 23.5 Å². The molecule has 6 heteroatoms. The number of nitrogens with one attached hydrogen (secondary N) is 2. The Labute approximate surface area is 129 Å². The molecule has 0 spiro atoms. The lowest BCUT2D eigenvalue weighted by Crippen LogP contribution is -2.29. The lowest BCUT2D eigenvalue weighted by atomic mass is 9.89. The molecule has 0 aliphatic heterocycles. The third-order valence-corrected chi connectivity index (χ3v) is 3.15. The topological polar surface area (TPSA) is 95.5 Å². The van der Waals surface area contributed by atoms with Gasteiger partial charge in [0.2, 0.25) is 5.91 Å². The van der Waals surface area contributed by atoms with Crippen LogP contribution in [-0.4, -0.2) is 29.4 Å². The van der Waals surface area contributed by atoms with Gasteiger partial charge in [0.05, 0.1) is 5.41 Å². The van der Waals surface area contributed by atoms with Crippen molar-refractivity contribution in [1.29, 1.82) is 0 Å². The fourth-order valence-corrected chi connectivity index (χ4v) is 1.73. The van der Waals surface area contributed by atoms with Crippen LogP contribution in [0.2, 0.25) is 0 Å². The standard InChI is InChI=1S/C16H22N2O4/c1-4-9-17-14(20)11-5-7-12(8-6-11)18-13(19)10-16(2,3)15(21)22/h5-8H,4,9-10H2,1-3H3,(H,17,20)(H,18,19)(H,21,22). The van der Waals surface area contributed by atoms with Gasteiger partial charge >= 0.3 is 5.97 Å². The SMILES string of the molecule is CCCNC(=O)c1ccc(NC(=O)CC(C)(C)C(=O)O)cc1. The van der Waals surface area contributed by atoms with E-state index in [1.165, 1.54) is 13.8 Å². The van der Waals surface area contributed by atoms with Crippen molar-refractivity contribution in [2.75, 3.05) is 11.9 Å². The molecule has 0 radical (unpaired) electrons. The Hall–Kier alpha value is -2.37. The van der Waals surface area contributed by atoms with E-state index in [1.807, 2.05) is 6.92 Å². The van der Waals surface area contributed by atoms with E-state index in [0.29, 0.717) is 17.8 Å². The molecule has 1 aromatic carbocycles. The Kier molecular flexibility index (Phi) is 6.10. The van der Waals surface area contributed by atoms with Gasteiger partial charge in [0.15, 0.2) is 0 Å². The molecule has 0 heterocycles. The van der Waals surface area contributed by atoms with Crippen LogP contribution >= 0.6 is 0 Å². The van der Waals surface area contributed by atoms with Gasteiger partial charge in [-0.1, -0.05) is 6.92 Å². The Balaban J connectivity index is 2.62. The lowest BCUT2D eigenvalue weighted by molar-refractivity contribution is -0.148. The normalized spacial score (nSPS) is 10.9. The summed E-state index contributed by atoms with van der Waals surface area (Å²) in [6.07, 6.45) is 0.736. The molecule has 0 fully saturated rings. The van der Waals surface area contributed by atoms with E-state index < -0.39 is 11.4 Å². The molecule has 120 valence electrons. The summed E-state index contributed by atoms with van der Waals surface area (Å²) in [5.41, 5.74) is -0.0834. The molecule has 0 aliphatic rings. The maximum Gasteiger partial charge on any atom is 0.309 e. The number of anilines is 1. The number of rotatable bonds is 7. The Morgan fingerprint density at radius 3 is 2.23 bits per heavy atom. The summed E-state index contributed by atoms with van der Waals surface area (Å²) in [5, 5.41) is 14.4. The molecule has 0 unspecified atom stereocenters. The molecule has 0 saturated heterocycles. The van der Waals surface area contributed by atoms with E-state index >= 15 is 0 Å². The van der Waals surface area contributed by atoms with E-state index in [9.17, 15) is 14.4 Å².